The van der Waals surface area contributed by atoms with Gasteiger partial charge in [0, 0.05) is 37.8 Å². The Kier molecular flexibility index (Phi) is 17.6. The van der Waals surface area contributed by atoms with Crippen LogP contribution in [0.2, 0.25) is 0 Å². The number of unbranched alkanes of at least 4 members (excludes halogenated alkanes) is 2. The fourth-order valence-corrected chi connectivity index (χ4v) is 7.16. The third-order valence-corrected chi connectivity index (χ3v) is 10.5. The number of rotatable bonds is 20. The number of aliphatic hydroxyl groups is 7. The van der Waals surface area contributed by atoms with E-state index in [4.69, 9.17) is 46.0 Å². The molecule has 22 nitrogen and oxygen atoms in total. The van der Waals surface area contributed by atoms with Gasteiger partial charge in [0.1, 0.15) is 72.4 Å². The number of nitrogens with two attached hydrogens (primary N) is 2. The number of fused-ring (bicyclic) bond motifs is 1. The number of benzene rings is 2. The molecule has 0 spiro atoms. The quantitative estimate of drug-likeness (QED) is 0.0268. The van der Waals surface area contributed by atoms with Crippen LogP contribution in [0.4, 0.5) is 0 Å². The fraction of sp³-hybridized carbons (Fsp3) is 0.550. The van der Waals surface area contributed by atoms with Gasteiger partial charge in [-0.15, -0.1) is 0 Å². The van der Waals surface area contributed by atoms with Crippen LogP contribution in [0.15, 0.2) is 48.5 Å². The molecule has 342 valence electrons. The van der Waals surface area contributed by atoms with Crippen LogP contribution in [0.1, 0.15) is 54.4 Å². The number of hydrogen-bond donors (Lipinski definition) is 15. The first-order valence-corrected chi connectivity index (χ1v) is 20.3. The van der Waals surface area contributed by atoms with Crippen molar-refractivity contribution >= 4 is 29.8 Å². The molecule has 12 unspecified atom stereocenters. The van der Waals surface area contributed by atoms with Crippen molar-refractivity contribution in [3.8, 4) is 11.5 Å². The number of carbonyl (C=O) groups is 2. The molecule has 3 aliphatic rings. The third kappa shape index (κ3) is 12.5. The Morgan fingerprint density at radius 1 is 0.710 bits per heavy atom. The van der Waals surface area contributed by atoms with Crippen LogP contribution in [0.3, 0.4) is 0 Å². The molecule has 2 aromatic carbocycles. The number of nitrogens with one attached hydrogen (secondary N) is 6. The van der Waals surface area contributed by atoms with E-state index in [9.17, 15) is 45.3 Å². The molecule has 2 saturated heterocycles. The first-order chi connectivity index (χ1) is 29.7. The SMILES string of the molecule is N=C(N)NCCCCNC(=O)C=Cc1ccc2c(c1)C(C(=O)NCCCCNC(=N)N)C(c1ccc(OC3OC(CO)C(OC4OC(CO)C(O)C(O)C4O)C(O)C3O)cc1)O2. The van der Waals surface area contributed by atoms with Gasteiger partial charge in [-0.05, 0) is 67.2 Å². The zero-order chi connectivity index (χ0) is 44.9. The first-order valence-electron chi connectivity index (χ1n) is 20.3. The van der Waals surface area contributed by atoms with Crippen molar-refractivity contribution in [3.63, 3.8) is 0 Å². The molecule has 5 rings (SSSR count). The first kappa shape index (κ1) is 47.9. The van der Waals surface area contributed by atoms with Gasteiger partial charge in [0.15, 0.2) is 18.2 Å². The summed E-state index contributed by atoms with van der Waals surface area (Å²) in [4.78, 5) is 26.4. The van der Waals surface area contributed by atoms with E-state index < -0.39 is 86.6 Å². The van der Waals surface area contributed by atoms with Crippen LogP contribution in [0.5, 0.6) is 11.5 Å². The van der Waals surface area contributed by atoms with Gasteiger partial charge in [-0.3, -0.25) is 20.4 Å². The molecule has 0 bridgehead atoms. The summed E-state index contributed by atoms with van der Waals surface area (Å²) in [6.45, 7) is 0.302. The van der Waals surface area contributed by atoms with Crippen LogP contribution in [0.25, 0.3) is 6.08 Å². The maximum Gasteiger partial charge on any atom is 0.243 e. The van der Waals surface area contributed by atoms with Crippen molar-refractivity contribution in [2.24, 2.45) is 11.5 Å². The molecule has 22 heteroatoms. The normalized spacial score (nSPS) is 29.3. The van der Waals surface area contributed by atoms with Gasteiger partial charge < -0.3 is 92.2 Å². The zero-order valence-corrected chi connectivity index (χ0v) is 33.8. The van der Waals surface area contributed by atoms with Gasteiger partial charge in [0.05, 0.1) is 13.2 Å². The van der Waals surface area contributed by atoms with Crippen LogP contribution < -0.4 is 42.2 Å². The molecule has 62 heavy (non-hydrogen) atoms. The summed E-state index contributed by atoms with van der Waals surface area (Å²) in [6.07, 6.45) is -11.2. The predicted molar refractivity (Wildman–Crippen MR) is 219 cm³/mol. The standard InChI is InChI=1S/C40H58N8O14/c41-39(42)47-15-3-1-13-45-27(51)12-6-20-5-11-24-23(17-20)28(36(57)46-14-2-4-16-48-40(43)44)34(59-24)21-7-9-22(10-8-21)58-37-33(56)31(54)35(26(19-50)61-37)62-38-32(55)30(53)29(52)25(18-49)60-38/h5-12,17,25-26,28-35,37-38,49-50,52-56H,1-4,13-16,18-19H2,(H,45,51)(H,46,57)(H4,41,42,47)(H4,43,44,48). The maximum absolute atomic E-state index is 13.9. The summed E-state index contributed by atoms with van der Waals surface area (Å²) in [7, 11) is 0. The van der Waals surface area contributed by atoms with Crippen LogP contribution in [0, 0.1) is 10.8 Å². The molecular weight excluding hydrogens is 816 g/mol. The van der Waals surface area contributed by atoms with E-state index in [0.29, 0.717) is 74.3 Å². The summed E-state index contributed by atoms with van der Waals surface area (Å²) in [5, 5.41) is 98.0. The Labute approximate surface area is 357 Å². The summed E-state index contributed by atoms with van der Waals surface area (Å²) in [6, 6.07) is 11.7. The lowest BCUT2D eigenvalue weighted by Gasteiger charge is -2.45. The highest BCUT2D eigenvalue weighted by molar-refractivity contribution is 5.92. The second kappa shape index (κ2) is 22.8. The smallest absolute Gasteiger partial charge is 0.243 e. The fourth-order valence-electron chi connectivity index (χ4n) is 7.16. The number of aliphatic hydroxyl groups excluding tert-OH is 7. The largest absolute Gasteiger partial charge is 0.484 e. The average molecular weight is 875 g/mol. The van der Waals surface area contributed by atoms with E-state index in [1.807, 2.05) is 0 Å². The van der Waals surface area contributed by atoms with Crippen LogP contribution in [-0.4, -0.2) is 160 Å². The van der Waals surface area contributed by atoms with Crippen LogP contribution >= 0.6 is 0 Å². The molecule has 12 atom stereocenters. The number of hydrogen-bond acceptors (Lipinski definition) is 16. The van der Waals surface area contributed by atoms with Gasteiger partial charge >= 0.3 is 0 Å². The van der Waals surface area contributed by atoms with E-state index >= 15 is 0 Å². The van der Waals surface area contributed by atoms with E-state index in [1.165, 1.54) is 18.2 Å². The molecule has 0 aromatic heterocycles. The lowest BCUT2D eigenvalue weighted by Crippen LogP contribution is -2.65. The van der Waals surface area contributed by atoms with E-state index in [2.05, 4.69) is 21.3 Å². The minimum absolute atomic E-state index is 0.110. The molecular formula is C40H58N8O14. The summed E-state index contributed by atoms with van der Waals surface area (Å²) >= 11 is 0. The number of amides is 2. The molecule has 2 aromatic rings. The van der Waals surface area contributed by atoms with E-state index in [-0.39, 0.29) is 29.5 Å². The lowest BCUT2D eigenvalue weighted by molar-refractivity contribution is -0.352. The zero-order valence-electron chi connectivity index (χ0n) is 33.8. The van der Waals surface area contributed by atoms with E-state index in [1.54, 1.807) is 36.4 Å². The highest BCUT2D eigenvalue weighted by Gasteiger charge is 2.51. The third-order valence-electron chi connectivity index (χ3n) is 10.5. The summed E-state index contributed by atoms with van der Waals surface area (Å²) in [5.41, 5.74) is 12.5. The minimum atomic E-state index is -1.81. The molecule has 2 amide bonds. The maximum atomic E-state index is 13.9. The van der Waals surface area contributed by atoms with Crippen molar-refractivity contribution in [1.82, 2.24) is 21.3 Å². The van der Waals surface area contributed by atoms with Crippen LogP contribution in [-0.2, 0) is 23.8 Å². The van der Waals surface area contributed by atoms with Gasteiger partial charge in [0.2, 0.25) is 18.1 Å². The Bertz CT molecular complexity index is 1840. The summed E-state index contributed by atoms with van der Waals surface area (Å²) < 4.78 is 28.9. The molecule has 17 N–H and O–H groups in total. The molecule has 0 radical (unpaired) electrons. The molecule has 0 saturated carbocycles. The lowest BCUT2D eigenvalue weighted by atomic mass is 9.89. The van der Waals surface area contributed by atoms with E-state index in [0.717, 1.165) is 0 Å². The molecule has 3 heterocycles. The predicted octanol–water partition coefficient (Wildman–Crippen LogP) is -3.32. The molecule has 2 fully saturated rings. The molecule has 0 aliphatic carbocycles. The second-order valence-electron chi connectivity index (χ2n) is 15.0. The minimum Gasteiger partial charge on any atom is -0.484 e. The topological polar surface area (TPSA) is 370 Å². The van der Waals surface area contributed by atoms with Gasteiger partial charge in [-0.25, -0.2) is 0 Å². The molecule has 3 aliphatic heterocycles. The number of guanidine groups is 2. The van der Waals surface area contributed by atoms with Gasteiger partial charge in [-0.2, -0.15) is 0 Å². The second-order valence-corrected chi connectivity index (χ2v) is 15.0. The van der Waals surface area contributed by atoms with Gasteiger partial charge in [-0.1, -0.05) is 18.2 Å². The number of carbonyl (C=O) groups excluding carboxylic acids is 2. The Balaban J connectivity index is 1.25. The summed E-state index contributed by atoms with van der Waals surface area (Å²) in [5.74, 6) is -1.05. The van der Waals surface area contributed by atoms with Crippen molar-refractivity contribution in [2.45, 2.75) is 99.1 Å². The van der Waals surface area contributed by atoms with Gasteiger partial charge in [0.25, 0.3) is 0 Å². The van der Waals surface area contributed by atoms with Crippen molar-refractivity contribution in [1.29, 1.82) is 10.8 Å². The highest BCUT2D eigenvalue weighted by atomic mass is 16.7. The Hall–Kier alpha value is -5.14. The monoisotopic (exact) mass is 874 g/mol. The Morgan fingerprint density at radius 2 is 1.29 bits per heavy atom. The highest BCUT2D eigenvalue weighted by Crippen LogP contribution is 2.47. The van der Waals surface area contributed by atoms with Crippen molar-refractivity contribution in [3.05, 3.63) is 65.2 Å². The van der Waals surface area contributed by atoms with Crippen molar-refractivity contribution in [2.75, 3.05) is 39.4 Å². The average Bonchev–Trinajstić information content (AvgIpc) is 3.64. The number of ether oxygens (including phenoxy) is 5. The van der Waals surface area contributed by atoms with Crippen molar-refractivity contribution < 1.29 is 69.0 Å². The Morgan fingerprint density at radius 3 is 1.90 bits per heavy atom.